The number of hydrogen-bond donors (Lipinski definition) is 3. The van der Waals surface area contributed by atoms with Crippen molar-refractivity contribution in [2.24, 2.45) is 0 Å². The molecule has 0 bridgehead atoms. The van der Waals surface area contributed by atoms with Crippen molar-refractivity contribution < 1.29 is 80.2 Å². The van der Waals surface area contributed by atoms with Crippen LogP contribution in [-0.2, 0) is 65.4 Å². The topological polar surface area (TPSA) is 237 Å². The van der Waals surface area contributed by atoms with Crippen LogP contribution in [0.4, 0.5) is 0 Å². The molecule has 5 atom stereocenters. The van der Waals surface area contributed by atoms with Gasteiger partial charge in [-0.25, -0.2) is 9.13 Å². The first kappa shape index (κ1) is 95.0. The van der Waals surface area contributed by atoms with Gasteiger partial charge in [-0.2, -0.15) is 0 Å². The van der Waals surface area contributed by atoms with Crippen molar-refractivity contribution in [3.63, 3.8) is 0 Å². The average Bonchev–Trinajstić information content (AvgIpc) is 0.959. The number of phosphoric acid groups is 2. The molecule has 0 aromatic carbocycles. The number of carbonyl (C=O) groups is 4. The van der Waals surface area contributed by atoms with Gasteiger partial charge in [0.15, 0.2) is 12.2 Å². The van der Waals surface area contributed by atoms with E-state index in [4.69, 9.17) is 37.0 Å². The number of allylic oxidation sites excluding steroid dienone is 8. The number of ether oxygens (including phenoxy) is 4. The Morgan fingerprint density at radius 1 is 0.276 bits per heavy atom. The van der Waals surface area contributed by atoms with E-state index in [0.29, 0.717) is 25.7 Å². The molecule has 0 amide bonds. The first-order valence-corrected chi connectivity index (χ1v) is 42.9. The van der Waals surface area contributed by atoms with E-state index in [0.717, 1.165) is 154 Å². The number of rotatable bonds is 76. The Morgan fingerprint density at radius 2 is 0.469 bits per heavy atom. The second kappa shape index (κ2) is 72.4. The summed E-state index contributed by atoms with van der Waals surface area (Å²) < 4.78 is 68.6. The van der Waals surface area contributed by atoms with Crippen molar-refractivity contribution >= 4 is 39.5 Å². The molecule has 0 fully saturated rings. The lowest BCUT2D eigenvalue weighted by atomic mass is 10.1. The van der Waals surface area contributed by atoms with Gasteiger partial charge in [0.2, 0.25) is 0 Å². The van der Waals surface area contributed by atoms with Crippen LogP contribution in [0, 0.1) is 0 Å². The fraction of sp³-hybridized carbons (Fsp3) is 0.848. The molecule has 98 heavy (non-hydrogen) atoms. The van der Waals surface area contributed by atoms with Gasteiger partial charge in [-0.3, -0.25) is 37.3 Å². The summed E-state index contributed by atoms with van der Waals surface area (Å²) in [4.78, 5) is 72.9. The summed E-state index contributed by atoms with van der Waals surface area (Å²) in [7, 11) is -9.94. The molecule has 17 nitrogen and oxygen atoms in total. The molecule has 574 valence electrons. The van der Waals surface area contributed by atoms with Crippen molar-refractivity contribution in [3.05, 3.63) is 48.6 Å². The zero-order valence-electron chi connectivity index (χ0n) is 62.7. The highest BCUT2D eigenvalue weighted by Crippen LogP contribution is 2.45. The largest absolute Gasteiger partial charge is 0.472 e. The summed E-state index contributed by atoms with van der Waals surface area (Å²) in [5, 5.41) is 10.6. The van der Waals surface area contributed by atoms with Gasteiger partial charge in [-0.05, 0) is 128 Å². The first-order chi connectivity index (χ1) is 47.7. The monoisotopic (exact) mass is 1430 g/mol. The van der Waals surface area contributed by atoms with Gasteiger partial charge in [0, 0.05) is 25.7 Å². The highest BCUT2D eigenvalue weighted by Gasteiger charge is 2.30. The number of unbranched alkanes of at least 4 members (excludes halogenated alkanes) is 42. The Balaban J connectivity index is 5.33. The number of aliphatic hydroxyl groups is 1. The minimum absolute atomic E-state index is 0.0885. The lowest BCUT2D eigenvalue weighted by Gasteiger charge is -2.21. The van der Waals surface area contributed by atoms with Crippen LogP contribution in [-0.4, -0.2) is 96.7 Å². The fourth-order valence-electron chi connectivity index (χ4n) is 11.1. The molecule has 0 aromatic heterocycles. The average molecular weight is 1430 g/mol. The number of carbonyl (C=O) groups excluding carboxylic acids is 4. The van der Waals surface area contributed by atoms with Crippen LogP contribution in [0.3, 0.4) is 0 Å². The molecule has 0 heterocycles. The van der Waals surface area contributed by atoms with Gasteiger partial charge in [0.1, 0.15) is 19.3 Å². The molecule has 0 aliphatic heterocycles. The fourth-order valence-corrected chi connectivity index (χ4v) is 12.7. The van der Waals surface area contributed by atoms with E-state index in [1.54, 1.807) is 0 Å². The third-order valence-electron chi connectivity index (χ3n) is 17.2. The second-order valence-electron chi connectivity index (χ2n) is 27.0. The third kappa shape index (κ3) is 71.4. The van der Waals surface area contributed by atoms with Crippen molar-refractivity contribution in [2.75, 3.05) is 39.6 Å². The van der Waals surface area contributed by atoms with Gasteiger partial charge in [-0.1, -0.05) is 269 Å². The maximum atomic E-state index is 13.1. The number of aliphatic hydroxyl groups excluding tert-OH is 1. The molecule has 0 rings (SSSR count). The highest BCUT2D eigenvalue weighted by molar-refractivity contribution is 7.47. The minimum Gasteiger partial charge on any atom is -0.462 e. The number of phosphoric ester groups is 2. The maximum absolute atomic E-state index is 13.1. The molecule has 0 aliphatic carbocycles. The first-order valence-electron chi connectivity index (χ1n) is 39.9. The van der Waals surface area contributed by atoms with E-state index in [1.807, 2.05) is 0 Å². The summed E-state index contributed by atoms with van der Waals surface area (Å²) >= 11 is 0. The lowest BCUT2D eigenvalue weighted by Crippen LogP contribution is -2.30. The van der Waals surface area contributed by atoms with Crippen molar-refractivity contribution in [3.8, 4) is 0 Å². The molecular weight excluding hydrogens is 1280 g/mol. The Labute approximate surface area is 597 Å². The van der Waals surface area contributed by atoms with Gasteiger partial charge >= 0.3 is 39.5 Å². The highest BCUT2D eigenvalue weighted by atomic mass is 31.2. The van der Waals surface area contributed by atoms with Gasteiger partial charge in [-0.15, -0.1) is 0 Å². The van der Waals surface area contributed by atoms with Crippen molar-refractivity contribution in [1.82, 2.24) is 0 Å². The standard InChI is InChI=1S/C79H146O17P2/c1-5-9-13-17-21-25-29-33-36-40-43-47-51-55-59-63-76(81)89-69-74(95-78(83)65-61-57-53-49-45-39-32-28-24-20-16-12-8-4)71-93-97(85,86)91-67-73(80)68-92-98(87,88)94-72-75(96-79(84)66-62-58-54-50-46-42-38-35-31-27-23-19-15-11-7-3)70-90-77(82)64-60-56-52-48-44-41-37-34-30-26-22-18-14-10-6-2/h25,28-29,32,34-35,37-38,73-75,80H,5-24,26-27,30-31,33,36,39-72H2,1-4H3,(H,85,86)(H,87,88)/b29-25-,32-28-,37-34-,38-35-/t73-,74+,75+/m0/s1. The predicted octanol–water partition coefficient (Wildman–Crippen LogP) is 22.9. The van der Waals surface area contributed by atoms with E-state index >= 15 is 0 Å². The smallest absolute Gasteiger partial charge is 0.462 e. The zero-order valence-corrected chi connectivity index (χ0v) is 64.5. The van der Waals surface area contributed by atoms with Crippen molar-refractivity contribution in [1.29, 1.82) is 0 Å². The Kier molecular flexibility index (Phi) is 70.2. The maximum Gasteiger partial charge on any atom is 0.472 e. The molecule has 0 aromatic rings. The van der Waals surface area contributed by atoms with Crippen LogP contribution < -0.4 is 0 Å². The predicted molar refractivity (Wildman–Crippen MR) is 400 cm³/mol. The third-order valence-corrected chi connectivity index (χ3v) is 19.1. The Bertz CT molecular complexity index is 2050. The molecule has 0 radical (unpaired) electrons. The summed E-state index contributed by atoms with van der Waals surface area (Å²) in [5.41, 5.74) is 0. The summed E-state index contributed by atoms with van der Waals surface area (Å²) in [6, 6.07) is 0. The van der Waals surface area contributed by atoms with E-state index in [2.05, 4.69) is 76.3 Å². The molecule has 0 saturated heterocycles. The van der Waals surface area contributed by atoms with E-state index in [1.165, 1.54) is 141 Å². The van der Waals surface area contributed by atoms with Crippen LogP contribution in [0.25, 0.3) is 0 Å². The van der Waals surface area contributed by atoms with Gasteiger partial charge in [0.05, 0.1) is 26.4 Å². The molecular formula is C79H146O17P2. The number of esters is 4. The van der Waals surface area contributed by atoms with Crippen LogP contribution in [0.5, 0.6) is 0 Å². The van der Waals surface area contributed by atoms with Gasteiger partial charge in [0.25, 0.3) is 0 Å². The molecule has 0 spiro atoms. The summed E-state index contributed by atoms with van der Waals surface area (Å²) in [6.45, 7) is 4.88. The van der Waals surface area contributed by atoms with Crippen molar-refractivity contribution in [2.45, 2.75) is 393 Å². The molecule has 0 saturated carbocycles. The van der Waals surface area contributed by atoms with E-state index in [-0.39, 0.29) is 25.7 Å². The summed E-state index contributed by atoms with van der Waals surface area (Å²) in [5.74, 6) is -2.17. The van der Waals surface area contributed by atoms with Gasteiger partial charge < -0.3 is 33.8 Å². The quantitative estimate of drug-likeness (QED) is 0.0169. The van der Waals surface area contributed by atoms with Crippen LogP contribution in [0.2, 0.25) is 0 Å². The normalized spacial score (nSPS) is 14.2. The minimum atomic E-state index is -4.97. The van der Waals surface area contributed by atoms with Crippen LogP contribution in [0.15, 0.2) is 48.6 Å². The summed E-state index contributed by atoms with van der Waals surface area (Å²) in [6.07, 6.45) is 69.4. The lowest BCUT2D eigenvalue weighted by molar-refractivity contribution is -0.161. The Hall–Kier alpha value is -2.98. The van der Waals surface area contributed by atoms with E-state index in [9.17, 15) is 43.2 Å². The molecule has 19 heteroatoms. The zero-order chi connectivity index (χ0) is 71.8. The van der Waals surface area contributed by atoms with Crippen LogP contribution >= 0.6 is 15.6 Å². The molecule has 0 aliphatic rings. The second-order valence-corrected chi connectivity index (χ2v) is 29.9. The molecule has 2 unspecified atom stereocenters. The SMILES string of the molecule is CCCCCC/C=C\CCCCCCCCCC(=O)OC[C@H](COP(=O)(O)OC[C@H](O)COP(=O)(O)OC[C@@H](COC(=O)CCCCCCC/C=C\CCCCCCCC)OC(=O)CCCCCCC/C=C\CCCCCCCC)OC(=O)CCCCCCC/C=C\CCCCCC. The van der Waals surface area contributed by atoms with Crippen LogP contribution in [0.1, 0.15) is 374 Å². The number of hydrogen-bond acceptors (Lipinski definition) is 15. The Morgan fingerprint density at radius 3 is 0.714 bits per heavy atom. The molecule has 3 N–H and O–H groups in total. The van der Waals surface area contributed by atoms with E-state index < -0.39 is 97.5 Å².